The summed E-state index contributed by atoms with van der Waals surface area (Å²) >= 11 is 1.04. The van der Waals surface area contributed by atoms with Crippen molar-refractivity contribution < 1.29 is 4.79 Å². The molecule has 0 saturated heterocycles. The van der Waals surface area contributed by atoms with Gasteiger partial charge < -0.3 is 0 Å². The lowest BCUT2D eigenvalue weighted by Crippen LogP contribution is -1.64. The van der Waals surface area contributed by atoms with Crippen LogP contribution in [0.5, 0.6) is 0 Å². The van der Waals surface area contributed by atoms with Crippen LogP contribution in [0, 0.1) is 0 Å². The molecule has 0 unspecified atom stereocenters. The zero-order valence-electron chi connectivity index (χ0n) is 3.29. The maximum atomic E-state index is 9.67. The highest BCUT2D eigenvalue weighted by molar-refractivity contribution is 7.07. The number of carbonyl (C=O) groups excluding carboxylic acids is 1. The summed E-state index contributed by atoms with van der Waals surface area (Å²) in [5, 5.41) is 3.40. The van der Waals surface area contributed by atoms with Crippen LogP contribution in [-0.4, -0.2) is 15.9 Å². The van der Waals surface area contributed by atoms with Crippen molar-refractivity contribution in [1.29, 1.82) is 0 Å². The van der Waals surface area contributed by atoms with Crippen LogP contribution in [0.3, 0.4) is 0 Å². The van der Waals surface area contributed by atoms with E-state index in [0.717, 1.165) is 11.5 Å². The first kappa shape index (κ1) is 4.39. The van der Waals surface area contributed by atoms with Gasteiger partial charge in [0.05, 0.1) is 6.20 Å². The van der Waals surface area contributed by atoms with Gasteiger partial charge in [-0.2, -0.15) is 0 Å². The van der Waals surface area contributed by atoms with Crippen LogP contribution < -0.4 is 0 Å². The van der Waals surface area contributed by atoms with Gasteiger partial charge in [0.15, 0.2) is 0 Å². The maximum absolute atomic E-state index is 9.67. The predicted molar refractivity (Wildman–Crippen MR) is 24.7 cm³/mol. The van der Waals surface area contributed by atoms with E-state index in [9.17, 15) is 4.79 Å². The highest BCUT2D eigenvalue weighted by Crippen LogP contribution is 1.93. The van der Waals surface area contributed by atoms with Crippen LogP contribution in [-0.2, 0) is 4.79 Å². The molecule has 0 aliphatic carbocycles. The zero-order valence-corrected chi connectivity index (χ0v) is 4.10. The Morgan fingerprint density at radius 1 is 1.86 bits per heavy atom. The Hall–Kier alpha value is -0.770. The predicted octanol–water partition coefficient (Wildman–Crippen LogP) is -0.00410. The fourth-order valence-corrected chi connectivity index (χ4v) is 0.526. The maximum Gasteiger partial charge on any atom is 0.247 e. The summed E-state index contributed by atoms with van der Waals surface area (Å²) in [6.07, 6.45) is 3.02. The first-order chi connectivity index (χ1) is 3.43. The number of aromatic nitrogens is 2. The quantitative estimate of drug-likeness (QED) is 0.514. The molecule has 3 nitrogen and oxygen atoms in total. The van der Waals surface area contributed by atoms with Crippen molar-refractivity contribution in [3.8, 4) is 0 Å². The van der Waals surface area contributed by atoms with Crippen molar-refractivity contribution in [1.82, 2.24) is 9.59 Å². The van der Waals surface area contributed by atoms with Crippen LogP contribution >= 0.6 is 11.5 Å². The average Bonchev–Trinajstić information content (AvgIpc) is 2.14. The lowest BCUT2D eigenvalue weighted by molar-refractivity contribution is 0.563. The highest BCUT2D eigenvalue weighted by Gasteiger charge is 1.88. The normalized spacial score (nSPS) is 8.57. The van der Waals surface area contributed by atoms with E-state index in [2.05, 4.69) is 9.59 Å². The third-order valence-corrected chi connectivity index (χ3v) is 1.02. The van der Waals surface area contributed by atoms with Crippen LogP contribution in [0.1, 0.15) is 4.88 Å². The molecule has 0 spiro atoms. The third-order valence-electron chi connectivity index (χ3n) is 0.462. The summed E-state index contributed by atoms with van der Waals surface area (Å²) in [7, 11) is 0. The number of hydrogen-bond acceptors (Lipinski definition) is 4. The molecule has 1 rings (SSSR count). The Kier molecular flexibility index (Phi) is 1.12. The van der Waals surface area contributed by atoms with Crippen LogP contribution in [0.4, 0.5) is 0 Å². The monoisotopic (exact) mass is 113 g/mol. The Balaban J connectivity index is 2.96. The molecule has 0 fully saturated rings. The first-order valence-electron chi connectivity index (χ1n) is 1.59. The van der Waals surface area contributed by atoms with E-state index < -0.39 is 0 Å². The SMILES string of the molecule is O=[C]c1cnns1. The summed E-state index contributed by atoms with van der Waals surface area (Å²) < 4.78 is 3.42. The van der Waals surface area contributed by atoms with E-state index in [0.29, 0.717) is 4.88 Å². The van der Waals surface area contributed by atoms with Gasteiger partial charge in [-0.1, -0.05) is 4.49 Å². The molecule has 1 radical (unpaired) electrons. The fraction of sp³-hybridized carbons (Fsp3) is 0. The largest absolute Gasteiger partial charge is 0.284 e. The minimum atomic E-state index is 0.444. The molecule has 35 valence electrons. The lowest BCUT2D eigenvalue weighted by atomic mass is 10.6. The van der Waals surface area contributed by atoms with Gasteiger partial charge in [-0.25, -0.2) is 0 Å². The molecule has 0 bridgehead atoms. The van der Waals surface area contributed by atoms with E-state index >= 15 is 0 Å². The van der Waals surface area contributed by atoms with E-state index in [-0.39, 0.29) is 0 Å². The minimum Gasteiger partial charge on any atom is -0.284 e. The molecular formula is C3HN2OS. The van der Waals surface area contributed by atoms with Crippen molar-refractivity contribution >= 4 is 17.8 Å². The standard InChI is InChI=1S/C3HN2OS/c6-2-3-1-4-5-7-3/h1H. The molecule has 0 amide bonds. The van der Waals surface area contributed by atoms with Crippen LogP contribution in [0.2, 0.25) is 0 Å². The number of hydrogen-bond donors (Lipinski definition) is 0. The van der Waals surface area contributed by atoms with E-state index in [1.54, 1.807) is 6.29 Å². The van der Waals surface area contributed by atoms with Gasteiger partial charge in [0.2, 0.25) is 6.29 Å². The van der Waals surface area contributed by atoms with Gasteiger partial charge in [0, 0.05) is 0 Å². The fourth-order valence-electron chi connectivity index (χ4n) is 0.212. The highest BCUT2D eigenvalue weighted by atomic mass is 32.1. The van der Waals surface area contributed by atoms with Crippen molar-refractivity contribution in [2.75, 3.05) is 0 Å². The second kappa shape index (κ2) is 1.79. The van der Waals surface area contributed by atoms with Crippen LogP contribution in [0.25, 0.3) is 0 Å². The van der Waals surface area contributed by atoms with Gasteiger partial charge in [0.25, 0.3) is 0 Å². The van der Waals surface area contributed by atoms with Crippen molar-refractivity contribution in [3.05, 3.63) is 11.1 Å². The summed E-state index contributed by atoms with van der Waals surface area (Å²) in [6.45, 7) is 0. The van der Waals surface area contributed by atoms with E-state index in [1.165, 1.54) is 6.20 Å². The Bertz CT molecular complexity index is 148. The second-order valence-electron chi connectivity index (χ2n) is 0.884. The molecule has 0 atom stereocenters. The second-order valence-corrected chi connectivity index (χ2v) is 1.67. The van der Waals surface area contributed by atoms with Crippen molar-refractivity contribution in [3.63, 3.8) is 0 Å². The van der Waals surface area contributed by atoms with Gasteiger partial charge in [-0.05, 0) is 11.5 Å². The summed E-state index contributed by atoms with van der Waals surface area (Å²) in [5.74, 6) is 0. The molecule has 0 aromatic carbocycles. The molecule has 4 heteroatoms. The van der Waals surface area contributed by atoms with Crippen molar-refractivity contribution in [2.45, 2.75) is 0 Å². The molecule has 0 N–H and O–H groups in total. The van der Waals surface area contributed by atoms with Gasteiger partial charge in [0.1, 0.15) is 4.88 Å². The van der Waals surface area contributed by atoms with Crippen molar-refractivity contribution in [2.24, 2.45) is 0 Å². The smallest absolute Gasteiger partial charge is 0.247 e. The van der Waals surface area contributed by atoms with Gasteiger partial charge in [-0.15, -0.1) is 5.10 Å². The summed E-state index contributed by atoms with van der Waals surface area (Å²) in [4.78, 5) is 10.1. The summed E-state index contributed by atoms with van der Waals surface area (Å²) in [6, 6.07) is 0. The molecule has 1 heterocycles. The van der Waals surface area contributed by atoms with Gasteiger partial charge in [-0.3, -0.25) is 4.79 Å². The Morgan fingerprint density at radius 3 is 3.00 bits per heavy atom. The zero-order chi connectivity index (χ0) is 5.11. The molecular weight excluding hydrogens is 112 g/mol. The van der Waals surface area contributed by atoms with Crippen LogP contribution in [0.15, 0.2) is 6.20 Å². The Morgan fingerprint density at radius 2 is 2.71 bits per heavy atom. The molecule has 1 aromatic heterocycles. The molecule has 0 aliphatic rings. The molecule has 1 aromatic rings. The van der Waals surface area contributed by atoms with Gasteiger partial charge >= 0.3 is 0 Å². The first-order valence-corrected chi connectivity index (χ1v) is 2.36. The number of nitrogens with zero attached hydrogens (tertiary/aromatic N) is 2. The summed E-state index contributed by atoms with van der Waals surface area (Å²) in [5.41, 5.74) is 0. The lowest BCUT2D eigenvalue weighted by Gasteiger charge is -1.58. The molecule has 0 saturated carbocycles. The van der Waals surface area contributed by atoms with E-state index in [4.69, 9.17) is 0 Å². The molecule has 0 aliphatic heterocycles. The number of rotatable bonds is 1. The Labute approximate surface area is 44.1 Å². The average molecular weight is 113 g/mol. The van der Waals surface area contributed by atoms with E-state index in [1.807, 2.05) is 0 Å². The third kappa shape index (κ3) is 0.806. The molecule has 7 heavy (non-hydrogen) atoms. The topological polar surface area (TPSA) is 42.9 Å². The minimum absolute atomic E-state index is 0.444.